The van der Waals surface area contributed by atoms with Crippen LogP contribution in [0.2, 0.25) is 0 Å². The summed E-state index contributed by atoms with van der Waals surface area (Å²) in [5.41, 5.74) is 1.51. The molecule has 1 fully saturated rings. The van der Waals surface area contributed by atoms with Crippen LogP contribution in [0.5, 0.6) is 0 Å². The van der Waals surface area contributed by atoms with Crippen LogP contribution in [0.25, 0.3) is 0 Å². The number of nitrogens with zero attached hydrogens (tertiary/aromatic N) is 1. The molecule has 0 atom stereocenters. The number of fused-ring (bicyclic) bond motifs is 1. The van der Waals surface area contributed by atoms with Gasteiger partial charge in [-0.25, -0.2) is 17.5 Å². The van der Waals surface area contributed by atoms with E-state index in [0.29, 0.717) is 31.0 Å². The van der Waals surface area contributed by atoms with Crippen LogP contribution in [0.3, 0.4) is 0 Å². The highest BCUT2D eigenvalue weighted by Gasteiger charge is 2.23. The fourth-order valence-electron chi connectivity index (χ4n) is 3.92. The number of likely N-dealkylation sites (tertiary alicyclic amines) is 1. The molecule has 6 nitrogen and oxygen atoms in total. The van der Waals surface area contributed by atoms with Crippen molar-refractivity contribution in [2.45, 2.75) is 35.6 Å². The van der Waals surface area contributed by atoms with Crippen molar-refractivity contribution < 1.29 is 17.6 Å². The van der Waals surface area contributed by atoms with Crippen LogP contribution in [-0.4, -0.2) is 44.6 Å². The minimum atomic E-state index is -3.66. The van der Waals surface area contributed by atoms with Gasteiger partial charge in [-0.2, -0.15) is 0 Å². The Kier molecular flexibility index (Phi) is 6.95. The number of amides is 1. The lowest BCUT2D eigenvalue weighted by Crippen LogP contribution is -2.38. The lowest BCUT2D eigenvalue weighted by atomic mass is 9.97. The molecule has 0 unspecified atom stereocenters. The second-order valence-electron chi connectivity index (χ2n) is 8.01. The van der Waals surface area contributed by atoms with Gasteiger partial charge >= 0.3 is 0 Å². The molecule has 1 amide bonds. The molecule has 2 aromatic carbocycles. The van der Waals surface area contributed by atoms with E-state index in [4.69, 9.17) is 0 Å². The third-order valence-electron chi connectivity index (χ3n) is 5.69. The Morgan fingerprint density at radius 1 is 1.16 bits per heavy atom. The van der Waals surface area contributed by atoms with Crippen LogP contribution in [-0.2, 0) is 21.4 Å². The first-order valence-corrected chi connectivity index (χ1v) is 12.9. The van der Waals surface area contributed by atoms with Crippen LogP contribution >= 0.6 is 11.8 Å². The number of hydrogen-bond acceptors (Lipinski definition) is 5. The highest BCUT2D eigenvalue weighted by Crippen LogP contribution is 2.32. The van der Waals surface area contributed by atoms with Gasteiger partial charge in [0.2, 0.25) is 15.9 Å². The summed E-state index contributed by atoms with van der Waals surface area (Å²) in [6, 6.07) is 11.5. The lowest BCUT2D eigenvalue weighted by Gasteiger charge is -2.32. The molecule has 9 heteroatoms. The summed E-state index contributed by atoms with van der Waals surface area (Å²) in [6.45, 7) is 2.79. The Labute approximate surface area is 186 Å². The van der Waals surface area contributed by atoms with Gasteiger partial charge in [-0.05, 0) is 67.7 Å². The number of sulfonamides is 1. The van der Waals surface area contributed by atoms with Crippen molar-refractivity contribution in [3.8, 4) is 0 Å². The number of nitrogens with one attached hydrogen (secondary N) is 2. The number of carbonyl (C=O) groups excluding carboxylic acids is 1. The molecule has 0 spiro atoms. The number of carbonyl (C=O) groups is 1. The van der Waals surface area contributed by atoms with Crippen molar-refractivity contribution in [2.75, 3.05) is 30.7 Å². The first-order valence-electron chi connectivity index (χ1n) is 10.4. The molecule has 1 saturated heterocycles. The van der Waals surface area contributed by atoms with E-state index in [9.17, 15) is 17.6 Å². The second-order valence-corrected chi connectivity index (χ2v) is 10.9. The van der Waals surface area contributed by atoms with E-state index >= 15 is 0 Å². The third-order valence-corrected chi connectivity index (χ3v) is 8.18. The summed E-state index contributed by atoms with van der Waals surface area (Å²) in [7, 11) is -3.66. The van der Waals surface area contributed by atoms with E-state index in [2.05, 4.69) is 14.9 Å². The fraction of sp³-hybridized carbons (Fsp3) is 0.409. The van der Waals surface area contributed by atoms with Gasteiger partial charge in [0.05, 0.1) is 10.6 Å². The zero-order chi connectivity index (χ0) is 21.8. The Morgan fingerprint density at radius 2 is 1.97 bits per heavy atom. The average Bonchev–Trinajstić information content (AvgIpc) is 2.93. The molecule has 0 aliphatic carbocycles. The summed E-state index contributed by atoms with van der Waals surface area (Å²) >= 11 is 1.55. The Hall–Kier alpha value is -1.94. The molecule has 0 radical (unpaired) electrons. The third kappa shape index (κ3) is 5.85. The van der Waals surface area contributed by atoms with Gasteiger partial charge in [0.1, 0.15) is 5.82 Å². The number of anilines is 1. The maximum absolute atomic E-state index is 13.4. The van der Waals surface area contributed by atoms with E-state index in [0.717, 1.165) is 36.4 Å². The van der Waals surface area contributed by atoms with Gasteiger partial charge in [0, 0.05) is 30.2 Å². The predicted octanol–water partition coefficient (Wildman–Crippen LogP) is 3.45. The molecular weight excluding hydrogens is 437 g/mol. The monoisotopic (exact) mass is 463 g/mol. The largest absolute Gasteiger partial charge is 0.325 e. The van der Waals surface area contributed by atoms with E-state index in [1.807, 2.05) is 6.07 Å². The van der Waals surface area contributed by atoms with Crippen molar-refractivity contribution in [3.63, 3.8) is 0 Å². The van der Waals surface area contributed by atoms with E-state index in [-0.39, 0.29) is 22.5 Å². The van der Waals surface area contributed by atoms with Gasteiger partial charge in [-0.3, -0.25) is 9.69 Å². The summed E-state index contributed by atoms with van der Waals surface area (Å²) in [6.07, 6.45) is 2.18. The van der Waals surface area contributed by atoms with Crippen molar-refractivity contribution in [3.05, 3.63) is 53.8 Å². The summed E-state index contributed by atoms with van der Waals surface area (Å²) in [5, 5.41) is 2.79. The Morgan fingerprint density at radius 3 is 2.74 bits per heavy atom. The molecule has 4 rings (SSSR count). The number of thioether (sulfide) groups is 1. The number of rotatable bonds is 6. The molecule has 0 bridgehead atoms. The minimum Gasteiger partial charge on any atom is -0.325 e. The average molecular weight is 464 g/mol. The maximum Gasteiger partial charge on any atom is 0.240 e. The smallest absolute Gasteiger partial charge is 0.240 e. The van der Waals surface area contributed by atoms with Gasteiger partial charge in [0.15, 0.2) is 0 Å². The van der Waals surface area contributed by atoms with Crippen molar-refractivity contribution in [1.29, 1.82) is 0 Å². The molecule has 2 N–H and O–H groups in total. The SMILES string of the molecule is O=C1CCSc2ccc(S(=O)(=O)NCC3CCN(Cc4cccc(F)c4)CC3)cc2N1. The van der Waals surface area contributed by atoms with Gasteiger partial charge in [-0.15, -0.1) is 11.8 Å². The highest BCUT2D eigenvalue weighted by atomic mass is 32.2. The Balaban J connectivity index is 1.31. The molecule has 2 aliphatic rings. The van der Waals surface area contributed by atoms with Gasteiger partial charge in [0.25, 0.3) is 0 Å². The summed E-state index contributed by atoms with van der Waals surface area (Å²) in [5.74, 6) is 0.618. The van der Waals surface area contributed by atoms with Crippen LogP contribution in [0, 0.1) is 11.7 Å². The molecule has 31 heavy (non-hydrogen) atoms. The first-order chi connectivity index (χ1) is 14.9. The quantitative estimate of drug-likeness (QED) is 0.686. The van der Waals surface area contributed by atoms with Crippen LogP contribution in [0.15, 0.2) is 52.3 Å². The normalized spacial score (nSPS) is 18.3. The molecule has 2 heterocycles. The van der Waals surface area contributed by atoms with E-state index in [1.54, 1.807) is 36.0 Å². The van der Waals surface area contributed by atoms with E-state index in [1.165, 1.54) is 12.1 Å². The fourth-order valence-corrected chi connectivity index (χ4v) is 6.00. The maximum atomic E-state index is 13.4. The topological polar surface area (TPSA) is 78.5 Å². The summed E-state index contributed by atoms with van der Waals surface area (Å²) < 4.78 is 41.7. The lowest BCUT2D eigenvalue weighted by molar-refractivity contribution is -0.115. The van der Waals surface area contributed by atoms with Crippen molar-refractivity contribution in [1.82, 2.24) is 9.62 Å². The summed E-state index contributed by atoms with van der Waals surface area (Å²) in [4.78, 5) is 15.1. The number of hydrogen-bond donors (Lipinski definition) is 2. The molecular formula is C22H26FN3O3S2. The molecule has 166 valence electrons. The number of piperidine rings is 1. The standard InChI is InChI=1S/C22H26FN3O3S2/c23-18-3-1-2-17(12-18)15-26-9-6-16(7-10-26)14-24-31(28,29)19-4-5-21-20(13-19)25-22(27)8-11-30-21/h1-5,12-13,16,24H,6-11,14-15H2,(H,25,27). The number of benzene rings is 2. The van der Waals surface area contributed by atoms with Crippen molar-refractivity contribution in [2.24, 2.45) is 5.92 Å². The molecule has 2 aliphatic heterocycles. The number of halogens is 1. The molecule has 0 saturated carbocycles. The van der Waals surface area contributed by atoms with Crippen molar-refractivity contribution >= 4 is 33.4 Å². The minimum absolute atomic E-state index is 0.0984. The first kappa shape index (κ1) is 22.3. The predicted molar refractivity (Wildman–Crippen MR) is 120 cm³/mol. The van der Waals surface area contributed by atoms with Gasteiger partial charge in [-0.1, -0.05) is 12.1 Å². The highest BCUT2D eigenvalue weighted by molar-refractivity contribution is 7.99. The zero-order valence-corrected chi connectivity index (χ0v) is 18.8. The second kappa shape index (κ2) is 9.68. The Bertz CT molecular complexity index is 1050. The van der Waals surface area contributed by atoms with Crippen LogP contribution < -0.4 is 10.0 Å². The van der Waals surface area contributed by atoms with E-state index < -0.39 is 10.0 Å². The zero-order valence-electron chi connectivity index (χ0n) is 17.1. The molecule has 0 aromatic heterocycles. The van der Waals surface area contributed by atoms with Gasteiger partial charge < -0.3 is 5.32 Å². The van der Waals surface area contributed by atoms with Crippen LogP contribution in [0.4, 0.5) is 10.1 Å². The van der Waals surface area contributed by atoms with Crippen LogP contribution in [0.1, 0.15) is 24.8 Å². The molecule has 2 aromatic rings.